The lowest BCUT2D eigenvalue weighted by molar-refractivity contribution is -0.137. The summed E-state index contributed by atoms with van der Waals surface area (Å²) in [5.41, 5.74) is 2.77. The van der Waals surface area contributed by atoms with Gasteiger partial charge in [0, 0.05) is 50.5 Å². The number of carbonyl (C=O) groups is 2. The molecule has 6 heteroatoms. The van der Waals surface area contributed by atoms with Crippen molar-refractivity contribution in [3.8, 4) is 0 Å². The third-order valence-electron chi connectivity index (χ3n) is 4.40. The van der Waals surface area contributed by atoms with Crippen molar-refractivity contribution >= 4 is 23.3 Å². The number of amides is 3. The van der Waals surface area contributed by atoms with Gasteiger partial charge in [-0.05, 0) is 44.0 Å². The largest absolute Gasteiger partial charge is 0.377 e. The maximum Gasteiger partial charge on any atom is 0.319 e. The standard InChI is InChI=1S/C20H34N4O2/c1-8-15(5)24(19(25)14(3)4)13-16-12-17(22-20(26)21-9-2)10-11-18(16)23(6)7/h10-12,14-15H,8-9,13H2,1-7H3,(H2,21,22,26)/t15-/m1/s1. The first-order valence-corrected chi connectivity index (χ1v) is 9.36. The van der Waals surface area contributed by atoms with Crippen LogP contribution in [0.15, 0.2) is 18.2 Å². The molecular formula is C20H34N4O2. The molecule has 0 aliphatic carbocycles. The van der Waals surface area contributed by atoms with Gasteiger partial charge in [-0.2, -0.15) is 0 Å². The number of hydrogen-bond donors (Lipinski definition) is 2. The highest BCUT2D eigenvalue weighted by Gasteiger charge is 2.23. The average Bonchev–Trinajstić information content (AvgIpc) is 2.58. The lowest BCUT2D eigenvalue weighted by Crippen LogP contribution is -2.40. The predicted octanol–water partition coefficient (Wildman–Crippen LogP) is 3.68. The van der Waals surface area contributed by atoms with Crippen LogP contribution in [0.5, 0.6) is 0 Å². The van der Waals surface area contributed by atoms with Crippen LogP contribution in [-0.4, -0.2) is 43.5 Å². The highest BCUT2D eigenvalue weighted by Crippen LogP contribution is 2.26. The van der Waals surface area contributed by atoms with Crippen molar-refractivity contribution in [2.24, 2.45) is 5.92 Å². The maximum absolute atomic E-state index is 12.7. The molecule has 0 heterocycles. The van der Waals surface area contributed by atoms with Crippen LogP contribution < -0.4 is 15.5 Å². The lowest BCUT2D eigenvalue weighted by Gasteiger charge is -2.32. The third-order valence-corrected chi connectivity index (χ3v) is 4.40. The number of rotatable bonds is 8. The van der Waals surface area contributed by atoms with Gasteiger partial charge in [-0.3, -0.25) is 4.79 Å². The highest BCUT2D eigenvalue weighted by atomic mass is 16.2. The van der Waals surface area contributed by atoms with Crippen molar-refractivity contribution in [1.29, 1.82) is 0 Å². The van der Waals surface area contributed by atoms with E-state index in [2.05, 4.69) is 24.5 Å². The van der Waals surface area contributed by atoms with Crippen LogP contribution in [0, 0.1) is 5.92 Å². The van der Waals surface area contributed by atoms with Gasteiger partial charge in [-0.1, -0.05) is 20.8 Å². The number of nitrogens with one attached hydrogen (secondary N) is 2. The Labute approximate surface area is 157 Å². The summed E-state index contributed by atoms with van der Waals surface area (Å²) in [6, 6.07) is 5.73. The average molecular weight is 363 g/mol. The van der Waals surface area contributed by atoms with Crippen molar-refractivity contribution in [3.63, 3.8) is 0 Å². The zero-order valence-electron chi connectivity index (χ0n) is 17.2. The summed E-state index contributed by atoms with van der Waals surface area (Å²) in [4.78, 5) is 28.5. The number of urea groups is 1. The molecule has 0 saturated carbocycles. The van der Waals surface area contributed by atoms with Gasteiger partial charge in [0.1, 0.15) is 0 Å². The lowest BCUT2D eigenvalue weighted by atomic mass is 10.1. The van der Waals surface area contributed by atoms with E-state index in [4.69, 9.17) is 0 Å². The van der Waals surface area contributed by atoms with Gasteiger partial charge in [-0.25, -0.2) is 4.79 Å². The fourth-order valence-electron chi connectivity index (χ4n) is 2.75. The Bertz CT molecular complexity index is 614. The molecule has 1 aromatic rings. The minimum atomic E-state index is -0.229. The summed E-state index contributed by atoms with van der Waals surface area (Å²) in [7, 11) is 3.96. The van der Waals surface area contributed by atoms with E-state index in [1.807, 2.05) is 62.9 Å². The number of hydrogen-bond acceptors (Lipinski definition) is 3. The van der Waals surface area contributed by atoms with E-state index in [9.17, 15) is 9.59 Å². The second-order valence-electron chi connectivity index (χ2n) is 7.10. The Kier molecular flexibility index (Phi) is 8.42. The van der Waals surface area contributed by atoms with Crippen LogP contribution in [-0.2, 0) is 11.3 Å². The molecule has 146 valence electrons. The molecule has 0 spiro atoms. The van der Waals surface area contributed by atoms with Gasteiger partial charge in [0.25, 0.3) is 0 Å². The molecule has 26 heavy (non-hydrogen) atoms. The van der Waals surface area contributed by atoms with Gasteiger partial charge in [0.15, 0.2) is 0 Å². The molecule has 2 N–H and O–H groups in total. The van der Waals surface area contributed by atoms with Gasteiger partial charge in [0.05, 0.1) is 0 Å². The van der Waals surface area contributed by atoms with Crippen molar-refractivity contribution in [2.45, 2.75) is 53.6 Å². The predicted molar refractivity (Wildman–Crippen MR) is 109 cm³/mol. The molecule has 0 aliphatic rings. The van der Waals surface area contributed by atoms with E-state index in [0.717, 1.165) is 23.4 Å². The molecular weight excluding hydrogens is 328 g/mol. The van der Waals surface area contributed by atoms with Gasteiger partial charge in [-0.15, -0.1) is 0 Å². The second kappa shape index (κ2) is 10.0. The second-order valence-corrected chi connectivity index (χ2v) is 7.10. The normalized spacial score (nSPS) is 11.8. The maximum atomic E-state index is 12.7. The number of benzene rings is 1. The molecule has 1 atom stereocenters. The molecule has 3 amide bonds. The SMILES string of the molecule is CCNC(=O)Nc1ccc(N(C)C)c(CN(C(=O)C(C)C)[C@H](C)CC)c1. The van der Waals surface area contributed by atoms with Crippen molar-refractivity contribution in [3.05, 3.63) is 23.8 Å². The van der Waals surface area contributed by atoms with Crippen LogP contribution in [0.1, 0.15) is 46.6 Å². The Morgan fingerprint density at radius 2 is 1.77 bits per heavy atom. The van der Waals surface area contributed by atoms with Crippen LogP contribution in [0.3, 0.4) is 0 Å². The number of anilines is 2. The van der Waals surface area contributed by atoms with Crippen molar-refractivity contribution in [1.82, 2.24) is 10.2 Å². The van der Waals surface area contributed by atoms with E-state index in [-0.39, 0.29) is 23.9 Å². The highest BCUT2D eigenvalue weighted by molar-refractivity contribution is 5.89. The summed E-state index contributed by atoms with van der Waals surface area (Å²) < 4.78 is 0. The van der Waals surface area contributed by atoms with Gasteiger partial charge < -0.3 is 20.4 Å². The fraction of sp³-hybridized carbons (Fsp3) is 0.600. The summed E-state index contributed by atoms with van der Waals surface area (Å²) >= 11 is 0. The molecule has 0 fully saturated rings. The Hall–Kier alpha value is -2.24. The number of carbonyl (C=O) groups excluding carboxylic acids is 2. The Morgan fingerprint density at radius 1 is 1.12 bits per heavy atom. The Balaban J connectivity index is 3.19. The first-order chi connectivity index (χ1) is 12.2. The van der Waals surface area contributed by atoms with Crippen LogP contribution in [0.25, 0.3) is 0 Å². The topological polar surface area (TPSA) is 64.7 Å². The van der Waals surface area contributed by atoms with Crippen molar-refractivity contribution in [2.75, 3.05) is 30.9 Å². The molecule has 0 aliphatic heterocycles. The third kappa shape index (κ3) is 5.93. The van der Waals surface area contributed by atoms with Crippen LogP contribution in [0.2, 0.25) is 0 Å². The van der Waals surface area contributed by atoms with E-state index < -0.39 is 0 Å². The molecule has 1 rings (SSSR count). The number of nitrogens with zero attached hydrogens (tertiary/aromatic N) is 2. The summed E-state index contributed by atoms with van der Waals surface area (Å²) in [6.45, 7) is 11.0. The van der Waals surface area contributed by atoms with Gasteiger partial charge >= 0.3 is 6.03 Å². The van der Waals surface area contributed by atoms with Gasteiger partial charge in [0.2, 0.25) is 5.91 Å². The first-order valence-electron chi connectivity index (χ1n) is 9.36. The summed E-state index contributed by atoms with van der Waals surface area (Å²) in [5, 5.41) is 5.57. The first kappa shape index (κ1) is 21.8. The summed E-state index contributed by atoms with van der Waals surface area (Å²) in [6.07, 6.45) is 0.895. The monoisotopic (exact) mass is 362 g/mol. The quantitative estimate of drug-likeness (QED) is 0.741. The van der Waals surface area contributed by atoms with E-state index in [0.29, 0.717) is 13.1 Å². The minimum Gasteiger partial charge on any atom is -0.377 e. The molecule has 0 saturated heterocycles. The fourth-order valence-corrected chi connectivity index (χ4v) is 2.75. The molecule has 0 aromatic heterocycles. The summed E-state index contributed by atoms with van der Waals surface area (Å²) in [5.74, 6) is 0.0922. The molecule has 0 radical (unpaired) electrons. The Morgan fingerprint density at radius 3 is 2.27 bits per heavy atom. The molecule has 6 nitrogen and oxygen atoms in total. The molecule has 0 unspecified atom stereocenters. The molecule has 0 bridgehead atoms. The smallest absolute Gasteiger partial charge is 0.319 e. The zero-order valence-corrected chi connectivity index (χ0v) is 17.2. The zero-order chi connectivity index (χ0) is 19.9. The minimum absolute atomic E-state index is 0.0524. The van der Waals surface area contributed by atoms with E-state index >= 15 is 0 Å². The van der Waals surface area contributed by atoms with Crippen LogP contribution in [0.4, 0.5) is 16.2 Å². The van der Waals surface area contributed by atoms with Crippen LogP contribution >= 0.6 is 0 Å². The van der Waals surface area contributed by atoms with E-state index in [1.165, 1.54) is 0 Å². The molecule has 1 aromatic carbocycles. The van der Waals surface area contributed by atoms with E-state index in [1.54, 1.807) is 0 Å². The van der Waals surface area contributed by atoms with Crippen molar-refractivity contribution < 1.29 is 9.59 Å².